The summed E-state index contributed by atoms with van der Waals surface area (Å²) in [7, 11) is 1.96. The molecule has 1 aliphatic heterocycles. The molecule has 0 atom stereocenters. The first-order chi connectivity index (χ1) is 8.20. The summed E-state index contributed by atoms with van der Waals surface area (Å²) < 4.78 is 5.29. The second kappa shape index (κ2) is 12.3. The average Bonchev–Trinajstić information content (AvgIpc) is 2.32. The van der Waals surface area contributed by atoms with Gasteiger partial charge in [0.1, 0.15) is 0 Å². The first kappa shape index (κ1) is 16.9. The highest BCUT2D eigenvalue weighted by Crippen LogP contribution is 2.05. The van der Waals surface area contributed by atoms with Crippen molar-refractivity contribution in [3.05, 3.63) is 0 Å². The van der Waals surface area contributed by atoms with Gasteiger partial charge in [-0.25, -0.2) is 0 Å². The van der Waals surface area contributed by atoms with E-state index in [-0.39, 0.29) is 0 Å². The fourth-order valence-electron chi connectivity index (χ4n) is 1.80. The second-order valence-electron chi connectivity index (χ2n) is 5.09. The molecule has 1 saturated heterocycles. The molecule has 0 amide bonds. The summed E-state index contributed by atoms with van der Waals surface area (Å²) in [4.78, 5) is 2.51. The SMILES string of the molecule is CC(C)CCCN1CCOCC1.CCCNC. The molecule has 0 unspecified atom stereocenters. The van der Waals surface area contributed by atoms with E-state index in [0.717, 1.165) is 38.8 Å². The van der Waals surface area contributed by atoms with E-state index in [9.17, 15) is 0 Å². The van der Waals surface area contributed by atoms with Crippen molar-refractivity contribution in [3.63, 3.8) is 0 Å². The summed E-state index contributed by atoms with van der Waals surface area (Å²) in [5, 5.41) is 3.02. The summed E-state index contributed by atoms with van der Waals surface area (Å²) in [5.74, 6) is 0.853. The third-order valence-electron chi connectivity index (χ3n) is 2.86. The molecule has 0 aliphatic carbocycles. The molecule has 1 aliphatic rings. The van der Waals surface area contributed by atoms with Gasteiger partial charge in [-0.05, 0) is 45.3 Å². The topological polar surface area (TPSA) is 24.5 Å². The molecule has 1 rings (SSSR count). The van der Waals surface area contributed by atoms with Crippen molar-refractivity contribution >= 4 is 0 Å². The Morgan fingerprint density at radius 1 is 1.24 bits per heavy atom. The van der Waals surface area contributed by atoms with E-state index < -0.39 is 0 Å². The minimum Gasteiger partial charge on any atom is -0.379 e. The molecule has 17 heavy (non-hydrogen) atoms. The van der Waals surface area contributed by atoms with Crippen LogP contribution in [-0.4, -0.2) is 51.3 Å². The fourth-order valence-corrected chi connectivity index (χ4v) is 1.80. The van der Waals surface area contributed by atoms with Gasteiger partial charge in [0.05, 0.1) is 13.2 Å². The summed E-state index contributed by atoms with van der Waals surface area (Å²) in [6.07, 6.45) is 3.94. The zero-order valence-electron chi connectivity index (χ0n) is 12.3. The van der Waals surface area contributed by atoms with E-state index >= 15 is 0 Å². The van der Waals surface area contributed by atoms with Crippen LogP contribution >= 0.6 is 0 Å². The van der Waals surface area contributed by atoms with Gasteiger partial charge in [-0.15, -0.1) is 0 Å². The maximum absolute atomic E-state index is 5.29. The van der Waals surface area contributed by atoms with Crippen molar-refractivity contribution in [2.24, 2.45) is 5.92 Å². The van der Waals surface area contributed by atoms with Crippen LogP contribution in [0.3, 0.4) is 0 Å². The van der Waals surface area contributed by atoms with E-state index in [4.69, 9.17) is 4.74 Å². The molecule has 0 aromatic carbocycles. The Kier molecular flexibility index (Phi) is 12.3. The van der Waals surface area contributed by atoms with Gasteiger partial charge in [0.2, 0.25) is 0 Å². The quantitative estimate of drug-likeness (QED) is 0.776. The standard InChI is InChI=1S/C10H21NO.C4H11N/c1-10(2)4-3-5-11-6-8-12-9-7-11;1-3-4-5-2/h10H,3-9H2,1-2H3;5H,3-4H2,1-2H3. The minimum atomic E-state index is 0.853. The lowest BCUT2D eigenvalue weighted by Crippen LogP contribution is -2.36. The summed E-state index contributed by atoms with van der Waals surface area (Å²) in [6, 6.07) is 0. The van der Waals surface area contributed by atoms with Crippen molar-refractivity contribution in [2.75, 3.05) is 46.4 Å². The number of hydrogen-bond donors (Lipinski definition) is 1. The average molecular weight is 244 g/mol. The smallest absolute Gasteiger partial charge is 0.0594 e. The van der Waals surface area contributed by atoms with E-state index in [1.165, 1.54) is 25.8 Å². The van der Waals surface area contributed by atoms with Crippen molar-refractivity contribution in [3.8, 4) is 0 Å². The summed E-state index contributed by atoms with van der Waals surface area (Å²) in [5.41, 5.74) is 0. The van der Waals surface area contributed by atoms with Crippen LogP contribution in [0.2, 0.25) is 0 Å². The van der Waals surface area contributed by atoms with Crippen molar-refractivity contribution < 1.29 is 4.74 Å². The molecule has 1 fully saturated rings. The molecule has 0 aromatic heterocycles. The normalized spacial score (nSPS) is 16.8. The highest BCUT2D eigenvalue weighted by atomic mass is 16.5. The fraction of sp³-hybridized carbons (Fsp3) is 1.00. The molecule has 3 heteroatoms. The summed E-state index contributed by atoms with van der Waals surface area (Å²) >= 11 is 0. The van der Waals surface area contributed by atoms with Gasteiger partial charge in [0.15, 0.2) is 0 Å². The zero-order valence-corrected chi connectivity index (χ0v) is 12.3. The molecular weight excluding hydrogens is 212 g/mol. The minimum absolute atomic E-state index is 0.853. The molecule has 3 nitrogen and oxygen atoms in total. The predicted octanol–water partition coefficient (Wildman–Crippen LogP) is 2.37. The monoisotopic (exact) mass is 244 g/mol. The Morgan fingerprint density at radius 3 is 2.29 bits per heavy atom. The number of nitrogens with one attached hydrogen (secondary N) is 1. The molecule has 0 bridgehead atoms. The van der Waals surface area contributed by atoms with E-state index in [0.29, 0.717) is 0 Å². The van der Waals surface area contributed by atoms with E-state index in [1.807, 2.05) is 7.05 Å². The Labute approximate surface area is 108 Å². The highest BCUT2D eigenvalue weighted by molar-refractivity contribution is 4.61. The van der Waals surface area contributed by atoms with Crippen LogP contribution in [-0.2, 0) is 4.74 Å². The second-order valence-corrected chi connectivity index (χ2v) is 5.09. The third kappa shape index (κ3) is 12.1. The van der Waals surface area contributed by atoms with Crippen LogP contribution < -0.4 is 5.32 Å². The molecule has 1 heterocycles. The predicted molar refractivity (Wildman–Crippen MR) is 75.5 cm³/mol. The molecule has 104 valence electrons. The Balaban J connectivity index is 0.000000437. The lowest BCUT2D eigenvalue weighted by molar-refractivity contribution is 0.0368. The maximum Gasteiger partial charge on any atom is 0.0594 e. The molecular formula is C14H32N2O. The Hall–Kier alpha value is -0.120. The van der Waals surface area contributed by atoms with Crippen LogP contribution in [0.15, 0.2) is 0 Å². The van der Waals surface area contributed by atoms with Gasteiger partial charge in [0.25, 0.3) is 0 Å². The van der Waals surface area contributed by atoms with Gasteiger partial charge in [0, 0.05) is 13.1 Å². The van der Waals surface area contributed by atoms with Gasteiger partial charge < -0.3 is 10.1 Å². The number of hydrogen-bond acceptors (Lipinski definition) is 3. The molecule has 0 saturated carbocycles. The van der Waals surface area contributed by atoms with Crippen LogP contribution in [0.1, 0.15) is 40.0 Å². The largest absolute Gasteiger partial charge is 0.379 e. The van der Waals surface area contributed by atoms with Crippen LogP contribution in [0.4, 0.5) is 0 Å². The Morgan fingerprint density at radius 2 is 1.88 bits per heavy atom. The lowest BCUT2D eigenvalue weighted by Gasteiger charge is -2.26. The first-order valence-electron chi connectivity index (χ1n) is 7.15. The molecule has 0 aromatic rings. The number of rotatable bonds is 6. The van der Waals surface area contributed by atoms with Crippen molar-refractivity contribution in [1.82, 2.24) is 10.2 Å². The zero-order chi connectivity index (χ0) is 12.9. The van der Waals surface area contributed by atoms with E-state index in [1.54, 1.807) is 0 Å². The van der Waals surface area contributed by atoms with Gasteiger partial charge in [-0.3, -0.25) is 4.90 Å². The molecule has 0 radical (unpaired) electrons. The van der Waals surface area contributed by atoms with Crippen LogP contribution in [0, 0.1) is 5.92 Å². The Bertz CT molecular complexity index is 143. The van der Waals surface area contributed by atoms with E-state index in [2.05, 4.69) is 31.0 Å². The number of nitrogens with zero attached hydrogens (tertiary/aromatic N) is 1. The van der Waals surface area contributed by atoms with Crippen molar-refractivity contribution in [2.45, 2.75) is 40.0 Å². The first-order valence-corrected chi connectivity index (χ1v) is 7.15. The van der Waals surface area contributed by atoms with Crippen molar-refractivity contribution in [1.29, 1.82) is 0 Å². The number of morpholine rings is 1. The third-order valence-corrected chi connectivity index (χ3v) is 2.86. The number of ether oxygens (including phenoxy) is 1. The van der Waals surface area contributed by atoms with Crippen LogP contribution in [0.25, 0.3) is 0 Å². The lowest BCUT2D eigenvalue weighted by atomic mass is 10.1. The summed E-state index contributed by atoms with van der Waals surface area (Å²) in [6.45, 7) is 13.3. The van der Waals surface area contributed by atoms with Gasteiger partial charge >= 0.3 is 0 Å². The molecule has 1 N–H and O–H groups in total. The maximum atomic E-state index is 5.29. The molecule has 0 spiro atoms. The van der Waals surface area contributed by atoms with Gasteiger partial charge in [-0.1, -0.05) is 20.8 Å². The van der Waals surface area contributed by atoms with Gasteiger partial charge in [-0.2, -0.15) is 0 Å². The van der Waals surface area contributed by atoms with Crippen LogP contribution in [0.5, 0.6) is 0 Å². The highest BCUT2D eigenvalue weighted by Gasteiger charge is 2.09.